The number of hydrogen-bond acceptors (Lipinski definition) is 7. The first-order valence-corrected chi connectivity index (χ1v) is 14.5. The number of piperidine rings is 1. The Bertz CT molecular complexity index is 1690. The Morgan fingerprint density at radius 3 is 2.21 bits per heavy atom. The van der Waals surface area contributed by atoms with Crippen molar-refractivity contribution in [3.05, 3.63) is 86.1 Å². The third kappa shape index (κ3) is 4.79. The van der Waals surface area contributed by atoms with Gasteiger partial charge >= 0.3 is 5.69 Å². The Labute approximate surface area is 248 Å². The lowest BCUT2D eigenvalue weighted by Gasteiger charge is -2.37. The molecule has 43 heavy (non-hydrogen) atoms. The molecule has 0 bridgehead atoms. The summed E-state index contributed by atoms with van der Waals surface area (Å²) in [7, 11) is 1.56. The lowest BCUT2D eigenvalue weighted by molar-refractivity contribution is -0.131. The van der Waals surface area contributed by atoms with E-state index in [-0.39, 0.29) is 24.5 Å². The van der Waals surface area contributed by atoms with Crippen LogP contribution < -0.4 is 22.5 Å². The third-order valence-corrected chi connectivity index (χ3v) is 9.29. The van der Waals surface area contributed by atoms with Crippen LogP contribution >= 0.6 is 0 Å². The number of nitrogens with zero attached hydrogens (tertiary/aromatic N) is 4. The fourth-order valence-corrected chi connectivity index (χ4v) is 7.14. The van der Waals surface area contributed by atoms with E-state index in [4.69, 9.17) is 11.5 Å². The summed E-state index contributed by atoms with van der Waals surface area (Å²) >= 11 is 0. The maximum Gasteiger partial charge on any atom is 0.343 e. The van der Waals surface area contributed by atoms with E-state index in [1.54, 1.807) is 36.2 Å². The van der Waals surface area contributed by atoms with Crippen molar-refractivity contribution in [3.63, 3.8) is 0 Å². The molecule has 2 aliphatic carbocycles. The van der Waals surface area contributed by atoms with Crippen LogP contribution in [-0.2, 0) is 30.1 Å². The third-order valence-electron chi connectivity index (χ3n) is 9.29. The fraction of sp³-hybridized carbons (Fsp3) is 0.419. The highest BCUT2D eigenvalue weighted by molar-refractivity contribution is 5.94. The predicted octanol–water partition coefficient (Wildman–Crippen LogP) is 0.620. The number of primary amides is 2. The van der Waals surface area contributed by atoms with Crippen molar-refractivity contribution in [2.45, 2.75) is 62.6 Å². The van der Waals surface area contributed by atoms with Gasteiger partial charge in [0, 0.05) is 30.3 Å². The summed E-state index contributed by atoms with van der Waals surface area (Å²) in [5.74, 6) is -0.400. The fourth-order valence-electron chi connectivity index (χ4n) is 7.14. The predicted molar refractivity (Wildman–Crippen MR) is 156 cm³/mol. The minimum atomic E-state index is -1.03. The van der Waals surface area contributed by atoms with Crippen molar-refractivity contribution in [2.75, 3.05) is 6.54 Å². The van der Waals surface area contributed by atoms with Crippen molar-refractivity contribution >= 4 is 17.7 Å². The summed E-state index contributed by atoms with van der Waals surface area (Å²) in [5.41, 5.74) is 14.0. The number of nitrogens with one attached hydrogen (secondary N) is 2. The van der Waals surface area contributed by atoms with Crippen molar-refractivity contribution in [2.24, 2.45) is 24.4 Å². The maximum atomic E-state index is 13.3. The Balaban J connectivity index is 1.45. The van der Waals surface area contributed by atoms with E-state index >= 15 is 0 Å². The van der Waals surface area contributed by atoms with Gasteiger partial charge in [0.05, 0.1) is 18.0 Å². The first-order valence-electron chi connectivity index (χ1n) is 14.5. The second kappa shape index (κ2) is 10.5. The molecule has 2 fully saturated rings. The zero-order chi connectivity index (χ0) is 30.6. The smallest absolute Gasteiger partial charge is 0.343 e. The normalized spacial score (nSPS) is 22.0. The van der Waals surface area contributed by atoms with Crippen molar-refractivity contribution < 1.29 is 14.4 Å². The molecule has 0 unspecified atom stereocenters. The molecule has 12 nitrogen and oxygen atoms in total. The number of amides is 3. The molecule has 12 heteroatoms. The largest absolute Gasteiger partial charge is 0.366 e. The number of aromatic amines is 1. The average Bonchev–Trinajstić information content (AvgIpc) is 3.56. The molecule has 1 saturated heterocycles. The SMILES string of the molecule is C[C@H](CC1(c2nn(C)c(=O)[nH]2)c2ccc(C(N)=O)cc2CCc2cc(C(N)=O)ccc21)NCC(=O)N1[C@H](C#N)C[C@@H]2C[C@@H]21. The Morgan fingerprint density at radius 2 is 1.70 bits per heavy atom. The number of likely N-dealkylation sites (tertiary alicyclic amines) is 1. The first kappa shape index (κ1) is 28.4. The van der Waals surface area contributed by atoms with Gasteiger partial charge in [0.1, 0.15) is 11.9 Å². The molecular formula is C31H34N8O4. The molecule has 2 aromatic carbocycles. The van der Waals surface area contributed by atoms with Gasteiger partial charge in [0.2, 0.25) is 17.7 Å². The molecule has 222 valence electrons. The number of rotatable bonds is 8. The second-order valence-electron chi connectivity index (χ2n) is 12.0. The number of aryl methyl sites for hydroxylation is 3. The molecular weight excluding hydrogens is 548 g/mol. The van der Waals surface area contributed by atoms with Crippen molar-refractivity contribution in [1.29, 1.82) is 5.26 Å². The van der Waals surface area contributed by atoms with Crippen LogP contribution in [0.3, 0.4) is 0 Å². The lowest BCUT2D eigenvalue weighted by atomic mass is 9.67. The summed E-state index contributed by atoms with van der Waals surface area (Å²) in [6.07, 6.45) is 3.12. The molecule has 3 aliphatic rings. The first-order chi connectivity index (χ1) is 20.5. The van der Waals surface area contributed by atoms with Crippen LogP contribution in [0, 0.1) is 17.2 Å². The molecule has 4 atom stereocenters. The average molecular weight is 583 g/mol. The molecule has 6 rings (SSSR count). The summed E-state index contributed by atoms with van der Waals surface area (Å²) in [6, 6.07) is 12.3. The van der Waals surface area contributed by atoms with E-state index in [0.29, 0.717) is 42.1 Å². The number of H-pyrrole nitrogens is 1. The van der Waals surface area contributed by atoms with Crippen LogP contribution in [0.1, 0.15) is 75.0 Å². The van der Waals surface area contributed by atoms with Crippen molar-refractivity contribution in [1.82, 2.24) is 25.0 Å². The number of carbonyl (C=O) groups is 3. The quantitative estimate of drug-likeness (QED) is 0.299. The number of benzene rings is 2. The Kier molecular flexibility index (Phi) is 6.93. The number of aromatic nitrogens is 3. The summed E-state index contributed by atoms with van der Waals surface area (Å²) in [4.78, 5) is 55.0. The van der Waals surface area contributed by atoms with E-state index in [9.17, 15) is 24.4 Å². The summed E-state index contributed by atoms with van der Waals surface area (Å²) < 4.78 is 1.24. The lowest BCUT2D eigenvalue weighted by Crippen LogP contribution is -2.46. The minimum Gasteiger partial charge on any atom is -0.366 e. The Morgan fingerprint density at radius 1 is 1.09 bits per heavy atom. The molecule has 0 spiro atoms. The summed E-state index contributed by atoms with van der Waals surface area (Å²) in [6.45, 7) is 2.01. The van der Waals surface area contributed by atoms with Gasteiger partial charge in [-0.3, -0.25) is 19.4 Å². The topological polar surface area (TPSA) is 193 Å². The van der Waals surface area contributed by atoms with Crippen molar-refractivity contribution in [3.8, 4) is 6.07 Å². The second-order valence-corrected chi connectivity index (χ2v) is 12.0. The molecule has 0 radical (unpaired) electrons. The highest BCUT2D eigenvalue weighted by Crippen LogP contribution is 2.48. The van der Waals surface area contributed by atoms with Crippen LogP contribution in [-0.4, -0.2) is 62.1 Å². The zero-order valence-corrected chi connectivity index (χ0v) is 24.1. The van der Waals surface area contributed by atoms with E-state index in [2.05, 4.69) is 21.5 Å². The monoisotopic (exact) mass is 582 g/mol. The van der Waals surface area contributed by atoms with Gasteiger partial charge in [-0.15, -0.1) is 0 Å². The van der Waals surface area contributed by atoms with E-state index < -0.39 is 29.0 Å². The van der Waals surface area contributed by atoms with Gasteiger partial charge < -0.3 is 21.7 Å². The molecule has 3 amide bonds. The number of hydrogen-bond donors (Lipinski definition) is 4. The van der Waals surface area contributed by atoms with Gasteiger partial charge in [0.25, 0.3) is 0 Å². The van der Waals surface area contributed by atoms with Crippen LogP contribution in [0.2, 0.25) is 0 Å². The van der Waals surface area contributed by atoms with E-state index in [1.165, 1.54) is 4.68 Å². The van der Waals surface area contributed by atoms with Gasteiger partial charge in [-0.25, -0.2) is 9.48 Å². The number of fused-ring (bicyclic) bond motifs is 3. The standard InChI is InChI=1S/C31H34N8O4/c1-16(35-15-26(40)39-22(14-32)11-21-12-25(21)39)13-31(29-36-30(43)38(2)37-29)23-7-5-19(27(33)41)9-17(23)3-4-18-10-20(28(34)42)6-8-24(18)31/h5-10,16,21-22,25,35H,3-4,11-13,15H2,1-2H3,(H2,33,41)(H2,34,42)(H,36,37,43)/t16-,21-,22+,25+/m1/s1. The van der Waals surface area contributed by atoms with Gasteiger partial charge in [-0.1, -0.05) is 12.1 Å². The van der Waals surface area contributed by atoms with Crippen LogP contribution in [0.5, 0.6) is 0 Å². The molecule has 1 aliphatic heterocycles. The zero-order valence-electron chi connectivity index (χ0n) is 24.1. The summed E-state index contributed by atoms with van der Waals surface area (Å²) in [5, 5.41) is 17.6. The minimum absolute atomic E-state index is 0.0539. The van der Waals surface area contributed by atoms with Gasteiger partial charge in [-0.2, -0.15) is 10.4 Å². The molecule has 3 aromatic rings. The van der Waals surface area contributed by atoms with E-state index in [1.807, 2.05) is 19.1 Å². The van der Waals surface area contributed by atoms with Crippen LogP contribution in [0.15, 0.2) is 41.2 Å². The van der Waals surface area contributed by atoms with E-state index in [0.717, 1.165) is 35.1 Å². The molecule has 1 saturated carbocycles. The number of nitriles is 1. The maximum absolute atomic E-state index is 13.3. The van der Waals surface area contributed by atoms with Gasteiger partial charge in [0.15, 0.2) is 0 Å². The Hall–Kier alpha value is -4.76. The highest BCUT2D eigenvalue weighted by atomic mass is 16.2. The van der Waals surface area contributed by atoms with Crippen LogP contribution in [0.4, 0.5) is 0 Å². The van der Waals surface area contributed by atoms with Gasteiger partial charge in [-0.05, 0) is 91.5 Å². The highest BCUT2D eigenvalue weighted by Gasteiger charge is 2.54. The molecule has 2 heterocycles. The number of nitrogens with two attached hydrogens (primary N) is 2. The molecule has 6 N–H and O–H groups in total. The van der Waals surface area contributed by atoms with Crippen LogP contribution in [0.25, 0.3) is 0 Å². The number of carbonyl (C=O) groups excluding carboxylic acids is 3. The molecule has 1 aromatic heterocycles.